The van der Waals surface area contributed by atoms with Crippen LogP contribution in [0, 0.1) is 0 Å². The third-order valence-corrected chi connectivity index (χ3v) is 25.6. The first-order valence-corrected chi connectivity index (χ1v) is 19.4. The fraction of sp³-hybridized carbons (Fsp3) is 1.00. The molecule has 0 aliphatic heterocycles. The van der Waals surface area contributed by atoms with Gasteiger partial charge >= 0.3 is 8.56 Å². The van der Waals surface area contributed by atoms with E-state index in [1.807, 2.05) is 0 Å². The minimum atomic E-state index is -1.99. The van der Waals surface area contributed by atoms with E-state index in [-0.39, 0.29) is 0 Å². The largest absolute Gasteiger partial charge is 0.397 e. The predicted octanol–water partition coefficient (Wildman–Crippen LogP) is 6.32. The summed E-state index contributed by atoms with van der Waals surface area (Å²) in [6, 6.07) is 8.39. The zero-order valence-electron chi connectivity index (χ0n) is 19.4. The molecule has 7 heteroatoms. The Balaban J connectivity index is 5.55. The van der Waals surface area contributed by atoms with Crippen LogP contribution in [0.25, 0.3) is 0 Å². The molecule has 0 aromatic rings. The highest BCUT2D eigenvalue weighted by atomic mass is 32.2. The first-order valence-electron chi connectivity index (χ1n) is 10.7. The van der Waals surface area contributed by atoms with Crippen molar-refractivity contribution in [2.75, 3.05) is 26.1 Å². The van der Waals surface area contributed by atoms with Crippen LogP contribution in [0.3, 0.4) is 0 Å². The van der Waals surface area contributed by atoms with Gasteiger partial charge in [0.15, 0.2) is 0 Å². The second kappa shape index (κ2) is 12.4. The van der Waals surface area contributed by atoms with Gasteiger partial charge in [0.05, 0.1) is 0 Å². The van der Waals surface area contributed by atoms with Crippen molar-refractivity contribution >= 4 is 36.8 Å². The Labute approximate surface area is 172 Å². The van der Waals surface area contributed by atoms with Crippen molar-refractivity contribution in [3.63, 3.8) is 0 Å². The Hall–Kier alpha value is 0.881. The number of hydrogen-bond donors (Lipinski definition) is 0. The third kappa shape index (κ3) is 6.46. The molecule has 0 N–H and O–H groups in total. The maximum atomic E-state index is 5.70. The summed E-state index contributed by atoms with van der Waals surface area (Å²) in [5.41, 5.74) is 0. The molecule has 158 valence electrons. The van der Waals surface area contributed by atoms with Crippen LogP contribution in [-0.2, 0) is 8.85 Å². The van der Waals surface area contributed by atoms with Crippen molar-refractivity contribution in [1.82, 2.24) is 4.23 Å². The summed E-state index contributed by atoms with van der Waals surface area (Å²) in [5, 5.41) is 1.66. The summed E-state index contributed by atoms with van der Waals surface area (Å²) in [5.74, 6) is 0. The van der Waals surface area contributed by atoms with Gasteiger partial charge < -0.3 is 13.1 Å². The number of rotatable bonds is 15. The lowest BCUT2D eigenvalue weighted by atomic mass is 10.5. The molecule has 0 saturated heterocycles. The van der Waals surface area contributed by atoms with E-state index in [2.05, 4.69) is 71.0 Å². The quantitative estimate of drug-likeness (QED) is 0.279. The predicted molar refractivity (Wildman–Crippen MR) is 129 cm³/mol. The van der Waals surface area contributed by atoms with Crippen LogP contribution in [0.2, 0.25) is 42.8 Å². The second-order valence-electron chi connectivity index (χ2n) is 7.84. The lowest BCUT2D eigenvalue weighted by molar-refractivity contribution is 0.256. The van der Waals surface area contributed by atoms with Gasteiger partial charge in [-0.05, 0) is 49.4 Å². The molecule has 0 bridgehead atoms. The van der Waals surface area contributed by atoms with Gasteiger partial charge in [0.1, 0.15) is 16.5 Å². The van der Waals surface area contributed by atoms with E-state index in [1.54, 1.807) is 14.2 Å². The van der Waals surface area contributed by atoms with Crippen molar-refractivity contribution in [2.45, 2.75) is 96.5 Å². The van der Waals surface area contributed by atoms with E-state index in [0.717, 1.165) is 5.38 Å². The summed E-state index contributed by atoms with van der Waals surface area (Å²) in [6.07, 6.45) is 0. The molecule has 26 heavy (non-hydrogen) atoms. The van der Waals surface area contributed by atoms with Gasteiger partial charge in [0, 0.05) is 24.8 Å². The SMILES string of the molecule is CC[Si](CC)(CC)N(CC(C)SC[Si](C)(OC)OC)[Si](CC)(CC)CC. The number of nitrogens with zero attached hydrogens (tertiary/aromatic N) is 1. The normalized spacial score (nSPS) is 14.9. The van der Waals surface area contributed by atoms with Crippen molar-refractivity contribution in [3.8, 4) is 0 Å². The standard InChI is InChI=1S/C19H47NO2SSi3/c1-11-25(12-2,13-3)20(26(14-4,15-5)16-6)17-19(7)23-18-24(10,21-8)22-9/h19H,11-18H2,1-10H3. The Bertz CT molecular complexity index is 339. The Morgan fingerprint density at radius 1 is 0.769 bits per heavy atom. The van der Waals surface area contributed by atoms with Crippen LogP contribution in [0.1, 0.15) is 48.5 Å². The van der Waals surface area contributed by atoms with Gasteiger partial charge in [-0.2, -0.15) is 11.8 Å². The van der Waals surface area contributed by atoms with E-state index in [0.29, 0.717) is 5.25 Å². The van der Waals surface area contributed by atoms with Gasteiger partial charge in [0.2, 0.25) is 0 Å². The van der Waals surface area contributed by atoms with E-state index < -0.39 is 25.0 Å². The molecule has 0 saturated carbocycles. The van der Waals surface area contributed by atoms with Gasteiger partial charge in [-0.15, -0.1) is 0 Å². The van der Waals surface area contributed by atoms with Crippen LogP contribution < -0.4 is 0 Å². The van der Waals surface area contributed by atoms with Gasteiger partial charge in [-0.25, -0.2) is 0 Å². The summed E-state index contributed by atoms with van der Waals surface area (Å²) < 4.78 is 14.6. The molecule has 0 aromatic carbocycles. The monoisotopic (exact) mass is 437 g/mol. The maximum absolute atomic E-state index is 5.70. The molecule has 1 unspecified atom stereocenters. The van der Waals surface area contributed by atoms with Gasteiger partial charge in [-0.3, -0.25) is 0 Å². The van der Waals surface area contributed by atoms with Crippen LogP contribution in [0.5, 0.6) is 0 Å². The van der Waals surface area contributed by atoms with E-state index in [1.165, 1.54) is 42.8 Å². The highest BCUT2D eigenvalue weighted by Crippen LogP contribution is 2.37. The molecule has 0 heterocycles. The minimum absolute atomic E-state index is 0.639. The average molecular weight is 438 g/mol. The van der Waals surface area contributed by atoms with E-state index in [4.69, 9.17) is 8.85 Å². The molecule has 0 aliphatic rings. The molecule has 0 spiro atoms. The molecule has 1 atom stereocenters. The number of thioether (sulfide) groups is 1. The minimum Gasteiger partial charge on any atom is -0.397 e. The fourth-order valence-electron chi connectivity index (χ4n) is 4.34. The Morgan fingerprint density at radius 3 is 1.38 bits per heavy atom. The summed E-state index contributed by atoms with van der Waals surface area (Å²) >= 11 is 2.07. The average Bonchev–Trinajstić information content (AvgIpc) is 2.69. The zero-order valence-corrected chi connectivity index (χ0v) is 23.2. The van der Waals surface area contributed by atoms with Crippen LogP contribution in [0.4, 0.5) is 0 Å². The molecule has 0 amide bonds. The fourth-order valence-corrected chi connectivity index (χ4v) is 21.8. The molecule has 0 aromatic heterocycles. The highest BCUT2D eigenvalue weighted by Gasteiger charge is 2.46. The molecule has 3 nitrogen and oxygen atoms in total. The van der Waals surface area contributed by atoms with Crippen molar-refractivity contribution in [1.29, 1.82) is 0 Å². The molecule has 0 radical (unpaired) electrons. The van der Waals surface area contributed by atoms with Crippen LogP contribution in [0.15, 0.2) is 0 Å². The number of hydrogen-bond acceptors (Lipinski definition) is 4. The molecule has 0 aliphatic carbocycles. The topological polar surface area (TPSA) is 21.7 Å². The lowest BCUT2D eigenvalue weighted by Gasteiger charge is -2.53. The van der Waals surface area contributed by atoms with Crippen LogP contribution >= 0.6 is 11.8 Å². The highest BCUT2D eigenvalue weighted by molar-refractivity contribution is 8.01. The van der Waals surface area contributed by atoms with Crippen molar-refractivity contribution in [2.24, 2.45) is 0 Å². The summed E-state index contributed by atoms with van der Waals surface area (Å²) in [7, 11) is -1.11. The van der Waals surface area contributed by atoms with Gasteiger partial charge in [-0.1, -0.05) is 48.5 Å². The van der Waals surface area contributed by atoms with Crippen molar-refractivity contribution < 1.29 is 8.85 Å². The second-order valence-corrected chi connectivity index (χ2v) is 23.9. The molecule has 0 rings (SSSR count). The Morgan fingerprint density at radius 2 is 1.12 bits per heavy atom. The molecule has 0 fully saturated rings. The zero-order chi connectivity index (χ0) is 20.4. The summed E-state index contributed by atoms with van der Waals surface area (Å²) in [4.78, 5) is 0. The van der Waals surface area contributed by atoms with E-state index in [9.17, 15) is 0 Å². The van der Waals surface area contributed by atoms with Gasteiger partial charge in [0.25, 0.3) is 0 Å². The smallest absolute Gasteiger partial charge is 0.344 e. The molecular formula is C19H47NO2SSi3. The summed E-state index contributed by atoms with van der Waals surface area (Å²) in [6.45, 7) is 20.6. The lowest BCUT2D eigenvalue weighted by Crippen LogP contribution is -2.67. The maximum Gasteiger partial charge on any atom is 0.344 e. The first kappa shape index (κ1) is 26.9. The van der Waals surface area contributed by atoms with Crippen LogP contribution in [-0.4, -0.2) is 60.7 Å². The molecular weight excluding hydrogens is 391 g/mol. The first-order chi connectivity index (χ1) is 12.2. The Kier molecular flexibility index (Phi) is 12.9. The van der Waals surface area contributed by atoms with Crippen molar-refractivity contribution in [3.05, 3.63) is 0 Å². The van der Waals surface area contributed by atoms with E-state index >= 15 is 0 Å². The third-order valence-electron chi connectivity index (χ3n) is 7.03.